The van der Waals surface area contributed by atoms with Gasteiger partial charge in [0.05, 0.1) is 0 Å². The number of hydrogen-bond donors (Lipinski definition) is 1. The summed E-state index contributed by atoms with van der Waals surface area (Å²) >= 11 is 0. The van der Waals surface area contributed by atoms with Crippen LogP contribution in [0.25, 0.3) is 0 Å². The second-order valence-electron chi connectivity index (χ2n) is 6.65. The molecule has 22 heavy (non-hydrogen) atoms. The molecule has 0 aliphatic rings. The van der Waals surface area contributed by atoms with E-state index in [9.17, 15) is 0 Å². The fourth-order valence-corrected chi connectivity index (χ4v) is 2.11. The Balaban J connectivity index is 1.91. The number of hydrogen-bond acceptors (Lipinski definition) is 3. The van der Waals surface area contributed by atoms with Crippen LogP contribution in [0.5, 0.6) is 5.75 Å². The van der Waals surface area contributed by atoms with Gasteiger partial charge >= 0.3 is 0 Å². The van der Waals surface area contributed by atoms with E-state index in [2.05, 4.69) is 67.4 Å². The summed E-state index contributed by atoms with van der Waals surface area (Å²) in [4.78, 5) is 2.09. The van der Waals surface area contributed by atoms with Crippen molar-refractivity contribution in [3.8, 4) is 5.75 Å². The summed E-state index contributed by atoms with van der Waals surface area (Å²) in [6.45, 7) is 6.97. The van der Waals surface area contributed by atoms with E-state index in [1.54, 1.807) is 0 Å². The monoisotopic (exact) mass is 298 g/mol. The number of ether oxygens (including phenoxy) is 1. The van der Waals surface area contributed by atoms with Gasteiger partial charge in [0.25, 0.3) is 0 Å². The zero-order valence-corrected chi connectivity index (χ0v) is 14.2. The minimum atomic E-state index is -0.159. The Bertz CT molecular complexity index is 580. The molecule has 0 aliphatic carbocycles. The van der Waals surface area contributed by atoms with Gasteiger partial charge in [0.2, 0.25) is 0 Å². The summed E-state index contributed by atoms with van der Waals surface area (Å²) < 4.78 is 5.83. The van der Waals surface area contributed by atoms with E-state index in [1.807, 2.05) is 26.2 Å². The average molecular weight is 298 g/mol. The molecule has 0 spiro atoms. The lowest BCUT2D eigenvalue weighted by Crippen LogP contribution is -2.22. The Kier molecular flexibility index (Phi) is 4.96. The molecule has 0 amide bonds. The molecule has 3 heteroatoms. The van der Waals surface area contributed by atoms with Crippen molar-refractivity contribution < 1.29 is 4.74 Å². The maximum atomic E-state index is 5.83. The number of nitrogens with one attached hydrogen (secondary N) is 1. The standard InChI is InChI=1S/C19H26N2O/c1-19(2,3)22-18-12-6-15(7-13-18)14-20-16-8-10-17(11-9-16)21(4)5/h6-13,20H,14H2,1-5H3. The first kappa shape index (κ1) is 16.2. The van der Waals surface area contributed by atoms with Crippen LogP contribution >= 0.6 is 0 Å². The number of anilines is 2. The van der Waals surface area contributed by atoms with E-state index in [4.69, 9.17) is 4.74 Å². The highest BCUT2D eigenvalue weighted by molar-refractivity contribution is 5.54. The molecular weight excluding hydrogens is 272 g/mol. The predicted molar refractivity (Wildman–Crippen MR) is 94.9 cm³/mol. The van der Waals surface area contributed by atoms with Gasteiger partial charge in [0.15, 0.2) is 0 Å². The van der Waals surface area contributed by atoms with Gasteiger partial charge in [-0.25, -0.2) is 0 Å². The van der Waals surface area contributed by atoms with Crippen molar-refractivity contribution in [2.24, 2.45) is 0 Å². The van der Waals surface area contributed by atoms with Crippen molar-refractivity contribution in [3.05, 3.63) is 54.1 Å². The first-order valence-corrected chi connectivity index (χ1v) is 7.63. The number of nitrogens with zero attached hydrogens (tertiary/aromatic N) is 1. The van der Waals surface area contributed by atoms with E-state index in [0.29, 0.717) is 0 Å². The van der Waals surface area contributed by atoms with Gasteiger partial charge in [-0.2, -0.15) is 0 Å². The molecule has 0 fully saturated rings. The fraction of sp³-hybridized carbons (Fsp3) is 0.368. The molecule has 0 heterocycles. The molecule has 3 nitrogen and oxygen atoms in total. The molecule has 0 bridgehead atoms. The first-order valence-electron chi connectivity index (χ1n) is 7.63. The molecule has 0 saturated heterocycles. The average Bonchev–Trinajstić information content (AvgIpc) is 2.45. The highest BCUT2D eigenvalue weighted by atomic mass is 16.5. The summed E-state index contributed by atoms with van der Waals surface area (Å²) in [5.74, 6) is 0.909. The molecule has 0 atom stereocenters. The summed E-state index contributed by atoms with van der Waals surface area (Å²) in [6.07, 6.45) is 0. The van der Waals surface area contributed by atoms with Crippen LogP contribution in [0.3, 0.4) is 0 Å². The third kappa shape index (κ3) is 4.99. The van der Waals surface area contributed by atoms with Crippen molar-refractivity contribution in [1.82, 2.24) is 0 Å². The summed E-state index contributed by atoms with van der Waals surface area (Å²) in [5, 5.41) is 3.44. The van der Waals surface area contributed by atoms with Gasteiger partial charge < -0.3 is 15.0 Å². The zero-order valence-electron chi connectivity index (χ0n) is 14.2. The Labute approximate surface area is 133 Å². The molecule has 2 aromatic rings. The van der Waals surface area contributed by atoms with Crippen molar-refractivity contribution in [2.45, 2.75) is 32.9 Å². The number of rotatable bonds is 5. The molecule has 0 saturated carbocycles. The topological polar surface area (TPSA) is 24.5 Å². The Morgan fingerprint density at radius 2 is 1.50 bits per heavy atom. The van der Waals surface area contributed by atoms with Gasteiger partial charge in [-0.1, -0.05) is 12.1 Å². The maximum absolute atomic E-state index is 5.83. The minimum absolute atomic E-state index is 0.159. The van der Waals surface area contributed by atoms with Crippen LogP contribution in [0.15, 0.2) is 48.5 Å². The molecule has 2 aromatic carbocycles. The van der Waals surface area contributed by atoms with Crippen LogP contribution in [0.4, 0.5) is 11.4 Å². The lowest BCUT2D eigenvalue weighted by Gasteiger charge is -2.21. The lowest BCUT2D eigenvalue weighted by molar-refractivity contribution is 0.131. The van der Waals surface area contributed by atoms with Crippen LogP contribution in [-0.4, -0.2) is 19.7 Å². The SMILES string of the molecule is CN(C)c1ccc(NCc2ccc(OC(C)(C)C)cc2)cc1. The van der Waals surface area contributed by atoms with Crippen molar-refractivity contribution in [3.63, 3.8) is 0 Å². The zero-order chi connectivity index (χ0) is 16.2. The van der Waals surface area contributed by atoms with Gasteiger partial charge in [-0.3, -0.25) is 0 Å². The summed E-state index contributed by atoms with van der Waals surface area (Å²) in [7, 11) is 4.09. The highest BCUT2D eigenvalue weighted by Crippen LogP contribution is 2.20. The van der Waals surface area contributed by atoms with Gasteiger partial charge in [0.1, 0.15) is 11.4 Å². The quantitative estimate of drug-likeness (QED) is 0.877. The Morgan fingerprint density at radius 3 is 2.00 bits per heavy atom. The largest absolute Gasteiger partial charge is 0.488 e. The smallest absolute Gasteiger partial charge is 0.120 e. The predicted octanol–water partition coefficient (Wildman–Crippen LogP) is 4.54. The van der Waals surface area contributed by atoms with E-state index in [1.165, 1.54) is 11.3 Å². The van der Waals surface area contributed by atoms with Crippen LogP contribution < -0.4 is 15.0 Å². The lowest BCUT2D eigenvalue weighted by atomic mass is 10.1. The molecule has 1 N–H and O–H groups in total. The highest BCUT2D eigenvalue weighted by Gasteiger charge is 2.11. The first-order chi connectivity index (χ1) is 10.3. The van der Waals surface area contributed by atoms with E-state index in [-0.39, 0.29) is 5.60 Å². The molecule has 2 rings (SSSR count). The van der Waals surface area contributed by atoms with Crippen LogP contribution in [0, 0.1) is 0 Å². The minimum Gasteiger partial charge on any atom is -0.488 e. The second-order valence-corrected chi connectivity index (χ2v) is 6.65. The van der Waals surface area contributed by atoms with E-state index < -0.39 is 0 Å². The van der Waals surface area contributed by atoms with Crippen LogP contribution in [0.2, 0.25) is 0 Å². The Morgan fingerprint density at radius 1 is 0.909 bits per heavy atom. The van der Waals surface area contributed by atoms with Gasteiger partial charge in [0, 0.05) is 32.0 Å². The maximum Gasteiger partial charge on any atom is 0.120 e. The Hall–Kier alpha value is -2.16. The van der Waals surface area contributed by atoms with Gasteiger partial charge in [-0.15, -0.1) is 0 Å². The van der Waals surface area contributed by atoms with Crippen molar-refractivity contribution in [1.29, 1.82) is 0 Å². The molecule has 118 valence electrons. The van der Waals surface area contributed by atoms with Crippen molar-refractivity contribution >= 4 is 11.4 Å². The fourth-order valence-electron chi connectivity index (χ4n) is 2.11. The van der Waals surface area contributed by atoms with Gasteiger partial charge in [-0.05, 0) is 62.7 Å². The summed E-state index contributed by atoms with van der Waals surface area (Å²) in [6, 6.07) is 16.7. The third-order valence-corrected chi connectivity index (χ3v) is 3.23. The van der Waals surface area contributed by atoms with Crippen molar-refractivity contribution in [2.75, 3.05) is 24.3 Å². The van der Waals surface area contributed by atoms with Crippen LogP contribution in [0.1, 0.15) is 26.3 Å². The number of benzene rings is 2. The molecular formula is C19H26N2O. The summed E-state index contributed by atoms with van der Waals surface area (Å²) in [5.41, 5.74) is 3.40. The molecule has 0 aliphatic heterocycles. The molecule has 0 aromatic heterocycles. The second kappa shape index (κ2) is 6.73. The normalized spacial score (nSPS) is 11.1. The van der Waals surface area contributed by atoms with Crippen LogP contribution in [-0.2, 0) is 6.54 Å². The molecule has 0 radical (unpaired) electrons. The molecule has 0 unspecified atom stereocenters. The third-order valence-electron chi connectivity index (χ3n) is 3.23. The van der Waals surface area contributed by atoms with E-state index in [0.717, 1.165) is 18.0 Å². The van der Waals surface area contributed by atoms with E-state index >= 15 is 0 Å².